The lowest BCUT2D eigenvalue weighted by Crippen LogP contribution is -2.47. The van der Waals surface area contributed by atoms with Gasteiger partial charge in [0.05, 0.1) is 46.3 Å². The number of nitrogens with two attached hydrogens (primary N) is 1. The first-order valence-electron chi connectivity index (χ1n) is 16.6. The molecule has 2 aromatic heterocycles. The fourth-order valence-corrected chi connectivity index (χ4v) is 6.73. The summed E-state index contributed by atoms with van der Waals surface area (Å²) in [6.45, 7) is -0.530. The van der Waals surface area contributed by atoms with Crippen molar-refractivity contribution in [2.45, 2.75) is 70.3 Å². The molecule has 4 aromatic rings. The molecular weight excluding hydrogens is 763 g/mol. The van der Waals surface area contributed by atoms with E-state index in [1.807, 2.05) is 0 Å². The molecule has 3 heterocycles. The number of aliphatic imine (C=N–C) groups is 1. The van der Waals surface area contributed by atoms with Gasteiger partial charge in [-0.3, -0.25) is 14.5 Å². The number of nitriles is 1. The number of nitrogens with zero attached hydrogens (tertiary/aromatic N) is 8. The third-order valence-electron chi connectivity index (χ3n) is 9.63. The highest BCUT2D eigenvalue weighted by Gasteiger charge is 2.64. The van der Waals surface area contributed by atoms with Gasteiger partial charge in [-0.2, -0.15) is 37.4 Å². The summed E-state index contributed by atoms with van der Waals surface area (Å²) in [7, 11) is 0. The van der Waals surface area contributed by atoms with Crippen molar-refractivity contribution >= 4 is 29.4 Å². The zero-order chi connectivity index (χ0) is 40.1. The Morgan fingerprint density at radius 1 is 1.07 bits per heavy atom. The van der Waals surface area contributed by atoms with Crippen LogP contribution in [0.4, 0.5) is 30.7 Å². The fourth-order valence-electron chi connectivity index (χ4n) is 6.53. The van der Waals surface area contributed by atoms with Crippen molar-refractivity contribution in [2.75, 3.05) is 6.61 Å². The van der Waals surface area contributed by atoms with Gasteiger partial charge in [-0.25, -0.2) is 28.1 Å². The molecule has 2 aromatic carbocycles. The lowest BCUT2D eigenvalue weighted by molar-refractivity contribution is -0.195. The van der Waals surface area contributed by atoms with Crippen LogP contribution in [-0.4, -0.2) is 60.1 Å². The summed E-state index contributed by atoms with van der Waals surface area (Å²) in [4.78, 5) is 37.0. The van der Waals surface area contributed by atoms with Crippen LogP contribution in [0.1, 0.15) is 75.5 Å². The lowest BCUT2D eigenvalue weighted by Gasteiger charge is -2.34. The van der Waals surface area contributed by atoms with Crippen LogP contribution in [-0.2, 0) is 19.9 Å². The van der Waals surface area contributed by atoms with Crippen LogP contribution in [0.2, 0.25) is 5.02 Å². The van der Waals surface area contributed by atoms with E-state index in [9.17, 15) is 45.6 Å². The average molecular weight is 794 g/mol. The van der Waals surface area contributed by atoms with Crippen LogP contribution < -0.4 is 5.73 Å². The molecule has 1 amide bonds. The quantitative estimate of drug-likeness (QED) is 0.108. The molecule has 1 fully saturated rings. The molecule has 20 heteroatoms. The number of benzene rings is 2. The smallest absolute Gasteiger partial charge is 0.395 e. The predicted molar refractivity (Wildman–Crippen MR) is 180 cm³/mol. The average Bonchev–Trinajstić information content (AvgIpc) is 3.43. The number of hydrogen-bond donors (Lipinski definition) is 1. The number of halogens is 8. The highest BCUT2D eigenvalue weighted by molar-refractivity contribution is 6.32. The van der Waals surface area contributed by atoms with Crippen molar-refractivity contribution in [3.8, 4) is 22.9 Å². The molecule has 0 bridgehead atoms. The van der Waals surface area contributed by atoms with E-state index in [-0.39, 0.29) is 41.1 Å². The molecule has 2 N–H and O–H groups in total. The van der Waals surface area contributed by atoms with Crippen molar-refractivity contribution in [2.24, 2.45) is 21.6 Å². The normalized spacial score (nSPS) is 18.8. The Labute approximate surface area is 313 Å². The van der Waals surface area contributed by atoms with Gasteiger partial charge in [0.15, 0.2) is 17.3 Å². The summed E-state index contributed by atoms with van der Waals surface area (Å²) in [5.41, 5.74) is 2.08. The van der Waals surface area contributed by atoms with Gasteiger partial charge in [0, 0.05) is 18.2 Å². The Bertz CT molecular complexity index is 2180. The standard InChI is InChI=1S/C35H31ClF7N9O3/c1-32(2,17-44)16-34(22-6-3-19(4-7-22)21-13-47-50(14-21)30(39)40)29(54)51(31(45)49-34)25(15-55-26(53)12-33(9-10-33)35(41,42)43)20-5-8-23(36)24(11-20)52-28(27(37)38)46-18-48-52/h3-8,11,13-14,18,25,27,30H,9-10,12,15-16H2,1-2H3,(H2,45,49)/t25-,34-/m1/s1. The minimum atomic E-state index is -4.66. The fraction of sp³-hybridized carbons (Fsp3) is 0.400. The van der Waals surface area contributed by atoms with Crippen LogP contribution in [0.3, 0.4) is 0 Å². The number of esters is 1. The maximum Gasteiger partial charge on any atom is 0.395 e. The van der Waals surface area contributed by atoms with Gasteiger partial charge in [0.1, 0.15) is 12.9 Å². The third-order valence-corrected chi connectivity index (χ3v) is 9.95. The molecule has 0 spiro atoms. The van der Waals surface area contributed by atoms with Crippen LogP contribution in [0, 0.1) is 22.2 Å². The summed E-state index contributed by atoms with van der Waals surface area (Å²) in [6, 6.07) is 10.7. The zero-order valence-corrected chi connectivity index (χ0v) is 29.7. The van der Waals surface area contributed by atoms with Crippen LogP contribution in [0.15, 0.2) is 66.2 Å². The van der Waals surface area contributed by atoms with Gasteiger partial charge in [-0.1, -0.05) is 41.9 Å². The third kappa shape index (κ3) is 7.46. The van der Waals surface area contributed by atoms with E-state index >= 15 is 0 Å². The van der Waals surface area contributed by atoms with Crippen molar-refractivity contribution in [3.63, 3.8) is 0 Å². The molecule has 1 aliphatic carbocycles. The summed E-state index contributed by atoms with van der Waals surface area (Å²) < 4.78 is 102. The Balaban J connectivity index is 1.42. The van der Waals surface area contributed by atoms with Crippen LogP contribution in [0.25, 0.3) is 16.8 Å². The Morgan fingerprint density at radius 3 is 2.35 bits per heavy atom. The number of ether oxygens (including phenoxy) is 1. The second-order valence-corrected chi connectivity index (χ2v) is 14.3. The summed E-state index contributed by atoms with van der Waals surface area (Å²) >= 11 is 6.40. The van der Waals surface area contributed by atoms with Gasteiger partial charge in [0.25, 0.3) is 12.3 Å². The first kappa shape index (κ1) is 39.2. The number of hydrogen-bond acceptors (Lipinski definition) is 9. The number of guanidine groups is 1. The molecule has 2 aliphatic rings. The van der Waals surface area contributed by atoms with E-state index in [2.05, 4.69) is 26.2 Å². The van der Waals surface area contributed by atoms with E-state index in [4.69, 9.17) is 22.1 Å². The van der Waals surface area contributed by atoms with Crippen molar-refractivity contribution in [1.29, 1.82) is 5.26 Å². The molecule has 290 valence electrons. The van der Waals surface area contributed by atoms with E-state index in [0.29, 0.717) is 15.8 Å². The maximum absolute atomic E-state index is 14.9. The molecule has 2 atom stereocenters. The van der Waals surface area contributed by atoms with Gasteiger partial charge in [-0.15, -0.1) is 0 Å². The van der Waals surface area contributed by atoms with Crippen molar-refractivity contribution in [3.05, 3.63) is 83.2 Å². The van der Waals surface area contributed by atoms with Crippen LogP contribution in [0.5, 0.6) is 0 Å². The number of rotatable bonds is 13. The molecule has 1 aliphatic heterocycles. The molecule has 0 unspecified atom stereocenters. The van der Waals surface area contributed by atoms with Gasteiger partial charge >= 0.3 is 18.7 Å². The van der Waals surface area contributed by atoms with E-state index < -0.39 is 78.3 Å². The minimum absolute atomic E-state index is 0.0770. The van der Waals surface area contributed by atoms with Crippen molar-refractivity contribution in [1.82, 2.24) is 29.4 Å². The highest BCUT2D eigenvalue weighted by atomic mass is 35.5. The van der Waals surface area contributed by atoms with Crippen LogP contribution >= 0.6 is 11.6 Å². The number of amides is 1. The number of carbonyl (C=O) groups is 2. The second kappa shape index (κ2) is 14.3. The maximum atomic E-state index is 14.9. The second-order valence-electron chi connectivity index (χ2n) is 13.9. The molecule has 12 nitrogen and oxygen atoms in total. The number of aromatic nitrogens is 5. The largest absolute Gasteiger partial charge is 0.463 e. The lowest BCUT2D eigenvalue weighted by atomic mass is 9.75. The SMILES string of the molecule is CC(C)(C#N)C[C@]1(c2ccc(-c3cnn(C(F)F)c3)cc2)N=C(N)N([C@H](COC(=O)CC2(C(F)(F)F)CC2)c2ccc(Cl)c(-n3ncnc3C(F)F)c2)C1=O. The molecular formula is C35H31ClF7N9O3. The van der Waals surface area contributed by atoms with Gasteiger partial charge in [0.2, 0.25) is 0 Å². The summed E-state index contributed by atoms with van der Waals surface area (Å²) in [5.74, 6) is -3.24. The minimum Gasteiger partial charge on any atom is -0.463 e. The van der Waals surface area contributed by atoms with Gasteiger partial charge < -0.3 is 10.5 Å². The van der Waals surface area contributed by atoms with E-state index in [1.165, 1.54) is 48.7 Å². The molecule has 0 radical (unpaired) electrons. The highest BCUT2D eigenvalue weighted by Crippen LogP contribution is 2.60. The zero-order valence-electron chi connectivity index (χ0n) is 28.9. The Kier molecular flexibility index (Phi) is 10.2. The summed E-state index contributed by atoms with van der Waals surface area (Å²) in [5, 5.41) is 17.4. The topological polar surface area (TPSA) is 157 Å². The molecule has 55 heavy (non-hydrogen) atoms. The first-order chi connectivity index (χ1) is 25.8. The molecule has 1 saturated carbocycles. The number of carbonyl (C=O) groups excluding carboxylic acids is 2. The number of alkyl halides is 7. The van der Waals surface area contributed by atoms with Crippen molar-refractivity contribution < 1.29 is 45.1 Å². The Morgan fingerprint density at radius 2 is 1.76 bits per heavy atom. The predicted octanol–water partition coefficient (Wildman–Crippen LogP) is 7.43. The van der Waals surface area contributed by atoms with Gasteiger partial charge in [-0.05, 0) is 55.5 Å². The summed E-state index contributed by atoms with van der Waals surface area (Å²) in [6.07, 6.45) is -6.29. The first-order valence-corrected chi connectivity index (χ1v) is 16.9. The van der Waals surface area contributed by atoms with E-state index in [1.54, 1.807) is 13.8 Å². The molecule has 6 rings (SSSR count). The molecule has 0 saturated heterocycles. The monoisotopic (exact) mass is 793 g/mol. The Hall–Kier alpha value is -5.51. The van der Waals surface area contributed by atoms with E-state index in [0.717, 1.165) is 22.1 Å².